The van der Waals surface area contributed by atoms with Crippen molar-refractivity contribution in [2.45, 2.75) is 0 Å². The van der Waals surface area contributed by atoms with Crippen LogP contribution in [0.15, 0.2) is 352 Å². The van der Waals surface area contributed by atoms with Gasteiger partial charge >= 0.3 is 0 Å². The summed E-state index contributed by atoms with van der Waals surface area (Å²) in [5, 5.41) is 4.39. The summed E-state index contributed by atoms with van der Waals surface area (Å²) in [6.07, 6.45) is 3.78. The molecule has 0 saturated carbocycles. The van der Waals surface area contributed by atoms with Crippen molar-refractivity contribution < 1.29 is 0 Å². The Kier molecular flexibility index (Phi) is 14.0. The van der Waals surface area contributed by atoms with Gasteiger partial charge in [-0.05, 0) is 157 Å². The van der Waals surface area contributed by atoms with Crippen LogP contribution < -0.4 is 0 Å². The minimum Gasteiger partial charge on any atom is -0.307 e. The van der Waals surface area contributed by atoms with E-state index in [1.165, 1.54) is 33.2 Å². The summed E-state index contributed by atoms with van der Waals surface area (Å²) in [5.74, 6) is 3.54. The molecule has 6 heterocycles. The molecule has 6 aromatic heterocycles. The number of rotatable bonds is 11. The van der Waals surface area contributed by atoms with Crippen LogP contribution in [0.2, 0.25) is 0 Å². The van der Waals surface area contributed by atoms with Crippen LogP contribution in [-0.2, 0) is 0 Å². The van der Waals surface area contributed by atoms with Crippen LogP contribution in [0.1, 0.15) is 0 Å². The highest BCUT2D eigenvalue weighted by Crippen LogP contribution is 2.56. The summed E-state index contributed by atoms with van der Waals surface area (Å²) < 4.78 is 4.81. The highest BCUT2D eigenvalue weighted by atomic mass is 15.1. The average molecular weight is 1350 g/mol. The first-order valence-electron chi connectivity index (χ1n) is 35.6. The fourth-order valence-electron chi connectivity index (χ4n) is 16.2. The zero-order valence-corrected chi connectivity index (χ0v) is 57.0. The highest BCUT2D eigenvalue weighted by Gasteiger charge is 2.33. The van der Waals surface area contributed by atoms with Crippen LogP contribution in [0.25, 0.3) is 213 Å². The molecule has 0 atom stereocenters. The molecule has 0 fully saturated rings. The van der Waals surface area contributed by atoms with Crippen molar-refractivity contribution in [3.63, 3.8) is 0 Å². The smallest absolute Gasteiger partial charge is 0.164 e. The molecular weight excluding hydrogens is 1290 g/mol. The first-order chi connectivity index (χ1) is 52.6. The minimum atomic E-state index is 0.569. The van der Waals surface area contributed by atoms with E-state index in [2.05, 4.69) is 258 Å². The third-order valence-electron chi connectivity index (χ3n) is 20.9. The van der Waals surface area contributed by atoms with Crippen molar-refractivity contribution in [1.82, 2.24) is 49.0 Å². The largest absolute Gasteiger partial charge is 0.307 e. The fraction of sp³-hybridized carbons (Fsp3) is 0. The second-order valence-electron chi connectivity index (χ2n) is 26.9. The molecule has 106 heavy (non-hydrogen) atoms. The third kappa shape index (κ3) is 9.80. The summed E-state index contributed by atoms with van der Waals surface area (Å²) in [6, 6.07) is 120. The van der Waals surface area contributed by atoms with Crippen molar-refractivity contribution in [3.05, 3.63) is 352 Å². The van der Waals surface area contributed by atoms with Crippen molar-refractivity contribution in [1.29, 1.82) is 0 Å². The lowest BCUT2D eigenvalue weighted by atomic mass is 9.90. The van der Waals surface area contributed by atoms with Crippen molar-refractivity contribution in [3.8, 4) is 180 Å². The number of hydrogen-bond acceptors (Lipinski definition) is 8. The van der Waals surface area contributed by atoms with Gasteiger partial charge < -0.3 is 9.13 Å². The number of hydrogen-bond donors (Lipinski definition) is 0. The van der Waals surface area contributed by atoms with Gasteiger partial charge in [0, 0.05) is 78.7 Å². The molecule has 2 aliphatic carbocycles. The summed E-state index contributed by atoms with van der Waals surface area (Å²) in [5.41, 5.74) is 29.3. The fourth-order valence-corrected chi connectivity index (χ4v) is 16.2. The number of benzene rings is 13. The summed E-state index contributed by atoms with van der Waals surface area (Å²) in [6.45, 7) is 0. The molecule has 0 N–H and O–H groups in total. The van der Waals surface area contributed by atoms with Gasteiger partial charge in [-0.3, -0.25) is 9.97 Å². The van der Waals surface area contributed by atoms with E-state index in [-0.39, 0.29) is 0 Å². The topological polar surface area (TPSA) is 113 Å². The van der Waals surface area contributed by atoms with Gasteiger partial charge in [-0.25, -0.2) is 29.9 Å². The van der Waals surface area contributed by atoms with Crippen LogP contribution >= 0.6 is 0 Å². The molecule has 0 radical (unpaired) electrons. The van der Waals surface area contributed by atoms with Gasteiger partial charge in [0.25, 0.3) is 0 Å². The van der Waals surface area contributed by atoms with Gasteiger partial charge in [-0.1, -0.05) is 255 Å². The molecule has 0 spiro atoms. The molecule has 10 heteroatoms. The van der Waals surface area contributed by atoms with E-state index in [0.717, 1.165) is 145 Å². The van der Waals surface area contributed by atoms with E-state index in [0.29, 0.717) is 34.9 Å². The predicted octanol–water partition coefficient (Wildman–Crippen LogP) is 23.5. The van der Waals surface area contributed by atoms with Crippen LogP contribution in [0.3, 0.4) is 0 Å². The van der Waals surface area contributed by atoms with E-state index in [1.807, 2.05) is 103 Å². The molecule has 10 nitrogen and oxygen atoms in total. The standard InChI is InChI=1S/C96H58N10/c1-4-25-59(26-5-1)91-99-94(62-47-50-66(51-48-62)105-83-45-23-41-74-68-34-11-10-33-67(68)69-35-13-16-39-76(69)87(85(74)83)89(105)80-43-18-20-55-97-80)102-95(101-91)65-32-22-31-63(57-65)64-49-52-72-75-42-24-46-84-86(75)88(77-40-17-14-37-71(77)79(72)58-64)90(81-44-19-21-56-98-81)106(84)82-54-53-78(70-36-12-15-38-73(70)82)96-103-92(60-27-6-2-7-28-60)100-93(104-96)61-29-8-3-9-30-61/h1-58H. The van der Waals surface area contributed by atoms with Crippen LogP contribution in [-0.4, -0.2) is 49.0 Å². The van der Waals surface area contributed by atoms with Gasteiger partial charge in [-0.2, -0.15) is 0 Å². The molecule has 492 valence electrons. The average Bonchev–Trinajstić information content (AvgIpc) is 1.55. The molecular formula is C96H58N10. The molecule has 2 aliphatic rings. The molecule has 21 rings (SSSR count). The molecule has 0 saturated heterocycles. The maximum Gasteiger partial charge on any atom is 0.164 e. The Labute approximate surface area is 610 Å². The summed E-state index contributed by atoms with van der Waals surface area (Å²) >= 11 is 0. The highest BCUT2D eigenvalue weighted by molar-refractivity contribution is 6.20. The maximum atomic E-state index is 5.37. The van der Waals surface area contributed by atoms with E-state index in [1.54, 1.807) is 0 Å². The molecule has 0 aliphatic heterocycles. The molecule has 0 bridgehead atoms. The van der Waals surface area contributed by atoms with E-state index < -0.39 is 0 Å². The number of fused-ring (bicyclic) bond motifs is 11. The zero-order valence-electron chi connectivity index (χ0n) is 57.0. The van der Waals surface area contributed by atoms with E-state index >= 15 is 0 Å². The second-order valence-corrected chi connectivity index (χ2v) is 26.9. The molecule has 19 aromatic rings. The van der Waals surface area contributed by atoms with Crippen molar-refractivity contribution in [2.24, 2.45) is 0 Å². The lowest BCUT2D eigenvalue weighted by Gasteiger charge is -2.18. The second kappa shape index (κ2) is 24.7. The summed E-state index contributed by atoms with van der Waals surface area (Å²) in [7, 11) is 0. The number of aromatic nitrogens is 10. The SMILES string of the molecule is c1ccc(-c2nc(-c3ccc(-n4c(-c5ccccn5)c5c6c(cccc64)-c4ccccc4-c4ccccc4-5)cc3)nc(-c3cccc(-c4ccc5c(c4)-c4ccccc4-c4c(-c6ccccn6)n(-c6ccc(-c7nc(-c8ccccc8)nc(-c8ccccc8)n7)c7ccccc67)c6cccc-5c46)c3)n2)cc1. The normalized spacial score (nSPS) is 11.8. The third-order valence-corrected chi connectivity index (χ3v) is 20.9. The molecule has 13 aromatic carbocycles. The van der Waals surface area contributed by atoms with Gasteiger partial charge in [0.1, 0.15) is 0 Å². The lowest BCUT2D eigenvalue weighted by Crippen LogP contribution is -2.03. The molecule has 0 unspecified atom stereocenters. The van der Waals surface area contributed by atoms with Crippen molar-refractivity contribution >= 4 is 32.6 Å². The van der Waals surface area contributed by atoms with Gasteiger partial charge in [0.15, 0.2) is 34.9 Å². The predicted molar refractivity (Wildman–Crippen MR) is 429 cm³/mol. The number of nitrogens with zero attached hydrogens (tertiary/aromatic N) is 10. The Balaban J connectivity index is 0.683. The van der Waals surface area contributed by atoms with E-state index in [9.17, 15) is 0 Å². The summed E-state index contributed by atoms with van der Waals surface area (Å²) in [4.78, 5) is 41.6. The van der Waals surface area contributed by atoms with Crippen LogP contribution in [0, 0.1) is 0 Å². The zero-order chi connectivity index (χ0) is 69.8. The Morgan fingerprint density at radius 2 is 0.575 bits per heavy atom. The first kappa shape index (κ1) is 60.3. The first-order valence-corrected chi connectivity index (χ1v) is 35.6. The molecule has 0 amide bonds. The number of pyridine rings is 2. The monoisotopic (exact) mass is 1350 g/mol. The maximum absolute atomic E-state index is 5.37. The van der Waals surface area contributed by atoms with Crippen LogP contribution in [0.4, 0.5) is 0 Å². The van der Waals surface area contributed by atoms with Crippen LogP contribution in [0.5, 0.6) is 0 Å². The van der Waals surface area contributed by atoms with Gasteiger partial charge in [0.2, 0.25) is 0 Å². The quantitative estimate of drug-likeness (QED) is 0.126. The van der Waals surface area contributed by atoms with Crippen molar-refractivity contribution in [2.75, 3.05) is 0 Å². The Morgan fingerprint density at radius 3 is 1.12 bits per heavy atom. The Bertz CT molecular complexity index is 6670. The Morgan fingerprint density at radius 1 is 0.208 bits per heavy atom. The van der Waals surface area contributed by atoms with Gasteiger partial charge in [0.05, 0.1) is 39.5 Å². The lowest BCUT2D eigenvalue weighted by molar-refractivity contribution is 1.07. The van der Waals surface area contributed by atoms with Gasteiger partial charge in [-0.15, -0.1) is 0 Å². The Hall–Kier alpha value is -14.5. The van der Waals surface area contributed by atoms with E-state index in [4.69, 9.17) is 39.9 Å². The minimum absolute atomic E-state index is 0.569.